The average molecular weight is 330 g/mol. The zero-order valence-electron chi connectivity index (χ0n) is 10.6. The minimum absolute atomic E-state index is 0.0897. The lowest BCUT2D eigenvalue weighted by Crippen LogP contribution is -2.25. The van der Waals surface area contributed by atoms with Crippen molar-refractivity contribution in [2.24, 2.45) is 0 Å². The van der Waals surface area contributed by atoms with E-state index in [1.807, 2.05) is 17.8 Å². The number of aryl methyl sites for hydroxylation is 2. The van der Waals surface area contributed by atoms with Gasteiger partial charge in [-0.15, -0.1) is 5.10 Å². The molecular weight excluding hydrogens is 314 g/mol. The predicted octanol–water partition coefficient (Wildman–Crippen LogP) is 2.52. The Morgan fingerprint density at radius 2 is 2.28 bits per heavy atom. The van der Waals surface area contributed by atoms with Gasteiger partial charge in [-0.25, -0.2) is 0 Å². The van der Waals surface area contributed by atoms with Crippen LogP contribution in [0.5, 0.6) is 0 Å². The summed E-state index contributed by atoms with van der Waals surface area (Å²) < 4.78 is 7.04. The van der Waals surface area contributed by atoms with Crippen LogP contribution >= 0.6 is 27.5 Å². The third-order valence-corrected chi connectivity index (χ3v) is 4.27. The van der Waals surface area contributed by atoms with Crippen molar-refractivity contribution in [1.29, 1.82) is 0 Å². The molecule has 2 aromatic heterocycles. The zero-order chi connectivity index (χ0) is 13.1. The van der Waals surface area contributed by atoms with E-state index in [9.17, 15) is 0 Å². The molecule has 1 N–H and O–H groups in total. The predicted molar refractivity (Wildman–Crippen MR) is 75.8 cm³/mol. The van der Waals surface area contributed by atoms with E-state index in [1.165, 1.54) is 11.5 Å². The second-order valence-electron chi connectivity index (χ2n) is 3.91. The van der Waals surface area contributed by atoms with Gasteiger partial charge in [0.15, 0.2) is 0 Å². The summed E-state index contributed by atoms with van der Waals surface area (Å²) in [6, 6.07) is 0.0897. The Kier molecular flexibility index (Phi) is 4.47. The maximum Gasteiger partial charge on any atom is 0.0888 e. The maximum absolute atomic E-state index is 4.37. The second-order valence-corrected chi connectivity index (χ2v) is 5.55. The van der Waals surface area contributed by atoms with Crippen molar-refractivity contribution in [3.05, 3.63) is 26.9 Å². The van der Waals surface area contributed by atoms with E-state index in [1.54, 1.807) is 0 Å². The first kappa shape index (κ1) is 13.6. The van der Waals surface area contributed by atoms with Crippen LogP contribution in [0.25, 0.3) is 0 Å². The standard InChI is InChI=1S/C11H16BrN5S/c1-4-13-9(11-7(3)15-16-18-11)10-8(12)6-14-17(10)5-2/h6,9,13H,4-5H2,1-3H3. The SMILES string of the molecule is CCNC(c1snnc1C)c1c(Br)cnn1CC. The van der Waals surface area contributed by atoms with Gasteiger partial charge in [0.2, 0.25) is 0 Å². The smallest absolute Gasteiger partial charge is 0.0888 e. The first-order chi connectivity index (χ1) is 8.69. The Balaban J connectivity index is 2.47. The molecule has 0 amide bonds. The van der Waals surface area contributed by atoms with Crippen LogP contribution < -0.4 is 5.32 Å². The second kappa shape index (κ2) is 5.90. The molecule has 0 bridgehead atoms. The topological polar surface area (TPSA) is 55.6 Å². The average Bonchev–Trinajstić information content (AvgIpc) is 2.93. The van der Waals surface area contributed by atoms with Crippen molar-refractivity contribution in [2.45, 2.75) is 33.4 Å². The molecule has 0 spiro atoms. The van der Waals surface area contributed by atoms with Gasteiger partial charge in [-0.3, -0.25) is 4.68 Å². The van der Waals surface area contributed by atoms with Gasteiger partial charge in [0.1, 0.15) is 0 Å². The number of rotatable bonds is 5. The summed E-state index contributed by atoms with van der Waals surface area (Å²) in [5.74, 6) is 0. The van der Waals surface area contributed by atoms with E-state index in [-0.39, 0.29) is 6.04 Å². The molecule has 5 nitrogen and oxygen atoms in total. The zero-order valence-corrected chi connectivity index (χ0v) is 13.0. The summed E-state index contributed by atoms with van der Waals surface area (Å²) >= 11 is 5.02. The lowest BCUT2D eigenvalue weighted by molar-refractivity contribution is 0.543. The summed E-state index contributed by atoms with van der Waals surface area (Å²) in [6.45, 7) is 7.89. The van der Waals surface area contributed by atoms with E-state index in [2.05, 4.69) is 49.8 Å². The molecule has 0 saturated heterocycles. The van der Waals surface area contributed by atoms with Gasteiger partial charge >= 0.3 is 0 Å². The molecule has 0 aliphatic carbocycles. The lowest BCUT2D eigenvalue weighted by Gasteiger charge is -2.18. The van der Waals surface area contributed by atoms with Crippen LogP contribution in [0, 0.1) is 6.92 Å². The molecule has 0 saturated carbocycles. The van der Waals surface area contributed by atoms with Crippen LogP contribution in [0.3, 0.4) is 0 Å². The third-order valence-electron chi connectivity index (χ3n) is 2.76. The highest BCUT2D eigenvalue weighted by atomic mass is 79.9. The van der Waals surface area contributed by atoms with Crippen LogP contribution in [-0.2, 0) is 6.54 Å². The molecule has 0 radical (unpaired) electrons. The van der Waals surface area contributed by atoms with Gasteiger partial charge in [0.25, 0.3) is 0 Å². The Hall–Kier alpha value is -0.790. The fourth-order valence-corrected chi connectivity index (χ4v) is 3.18. The number of nitrogens with zero attached hydrogens (tertiary/aromatic N) is 4. The largest absolute Gasteiger partial charge is 0.304 e. The quantitative estimate of drug-likeness (QED) is 0.915. The number of nitrogens with one attached hydrogen (secondary N) is 1. The van der Waals surface area contributed by atoms with Gasteiger partial charge in [-0.05, 0) is 47.9 Å². The molecule has 1 atom stereocenters. The molecule has 1 unspecified atom stereocenters. The summed E-state index contributed by atoms with van der Waals surface area (Å²) in [4.78, 5) is 1.15. The summed E-state index contributed by atoms with van der Waals surface area (Å²) in [6.07, 6.45) is 1.84. The van der Waals surface area contributed by atoms with Crippen molar-refractivity contribution in [2.75, 3.05) is 6.54 Å². The highest BCUT2D eigenvalue weighted by Crippen LogP contribution is 2.31. The van der Waals surface area contributed by atoms with Crippen LogP contribution in [0.2, 0.25) is 0 Å². The Labute approximate surface area is 119 Å². The van der Waals surface area contributed by atoms with Crippen molar-refractivity contribution >= 4 is 27.5 Å². The number of halogens is 1. The summed E-state index contributed by atoms with van der Waals surface area (Å²) in [5.41, 5.74) is 2.11. The first-order valence-electron chi connectivity index (χ1n) is 5.92. The third kappa shape index (κ3) is 2.48. The number of hydrogen-bond acceptors (Lipinski definition) is 5. The normalized spacial score (nSPS) is 12.9. The Morgan fingerprint density at radius 1 is 1.50 bits per heavy atom. The van der Waals surface area contributed by atoms with Gasteiger partial charge in [0.05, 0.1) is 33.0 Å². The maximum atomic E-state index is 4.37. The lowest BCUT2D eigenvalue weighted by atomic mass is 10.1. The van der Waals surface area contributed by atoms with Crippen molar-refractivity contribution in [3.8, 4) is 0 Å². The minimum atomic E-state index is 0.0897. The fraction of sp³-hybridized carbons (Fsp3) is 0.545. The summed E-state index contributed by atoms with van der Waals surface area (Å²) in [5, 5.41) is 12.0. The first-order valence-corrected chi connectivity index (χ1v) is 7.49. The van der Waals surface area contributed by atoms with Crippen LogP contribution in [0.15, 0.2) is 10.7 Å². The van der Waals surface area contributed by atoms with Crippen LogP contribution in [-0.4, -0.2) is 25.9 Å². The molecule has 0 aliphatic rings. The monoisotopic (exact) mass is 329 g/mol. The highest BCUT2D eigenvalue weighted by molar-refractivity contribution is 9.10. The van der Waals surface area contributed by atoms with E-state index >= 15 is 0 Å². The molecule has 2 aromatic rings. The minimum Gasteiger partial charge on any atom is -0.304 e. The molecule has 0 fully saturated rings. The van der Waals surface area contributed by atoms with Crippen LogP contribution in [0.4, 0.5) is 0 Å². The Bertz CT molecular complexity index is 521. The molecular formula is C11H16BrN5S. The van der Waals surface area contributed by atoms with Crippen molar-refractivity contribution < 1.29 is 0 Å². The van der Waals surface area contributed by atoms with E-state index in [4.69, 9.17) is 0 Å². The number of hydrogen-bond donors (Lipinski definition) is 1. The molecule has 7 heteroatoms. The molecule has 0 aromatic carbocycles. The van der Waals surface area contributed by atoms with Gasteiger partial charge in [0, 0.05) is 6.54 Å². The van der Waals surface area contributed by atoms with E-state index < -0.39 is 0 Å². The van der Waals surface area contributed by atoms with Gasteiger partial charge in [-0.2, -0.15) is 5.10 Å². The van der Waals surface area contributed by atoms with Crippen molar-refractivity contribution in [3.63, 3.8) is 0 Å². The van der Waals surface area contributed by atoms with Crippen LogP contribution in [0.1, 0.15) is 36.2 Å². The molecule has 2 rings (SSSR count). The number of aromatic nitrogens is 4. The molecule has 98 valence electrons. The van der Waals surface area contributed by atoms with Gasteiger partial charge in [-0.1, -0.05) is 11.4 Å². The van der Waals surface area contributed by atoms with Gasteiger partial charge < -0.3 is 5.32 Å². The van der Waals surface area contributed by atoms with Crippen molar-refractivity contribution in [1.82, 2.24) is 24.7 Å². The fourth-order valence-electron chi connectivity index (χ4n) is 1.93. The molecule has 18 heavy (non-hydrogen) atoms. The molecule has 2 heterocycles. The summed E-state index contributed by atoms with van der Waals surface area (Å²) in [7, 11) is 0. The highest BCUT2D eigenvalue weighted by Gasteiger charge is 2.24. The van der Waals surface area contributed by atoms with E-state index in [0.29, 0.717) is 0 Å². The Morgan fingerprint density at radius 3 is 2.83 bits per heavy atom. The van der Waals surface area contributed by atoms with E-state index in [0.717, 1.165) is 33.8 Å². The molecule has 0 aliphatic heterocycles.